The van der Waals surface area contributed by atoms with Crippen LogP contribution in [0.15, 0.2) is 78.9 Å². The van der Waals surface area contributed by atoms with E-state index < -0.39 is 6.04 Å². The van der Waals surface area contributed by atoms with Crippen molar-refractivity contribution in [2.75, 3.05) is 13.2 Å². The van der Waals surface area contributed by atoms with Gasteiger partial charge in [-0.25, -0.2) is 0 Å². The molecule has 0 radical (unpaired) electrons. The summed E-state index contributed by atoms with van der Waals surface area (Å²) in [5, 5.41) is 3.66. The van der Waals surface area contributed by atoms with Crippen LogP contribution in [0.5, 0.6) is 5.75 Å². The molecule has 6 heteroatoms. The number of benzene rings is 3. The largest absolute Gasteiger partial charge is 0.483 e. The molecule has 0 saturated carbocycles. The molecular formula is C32H39ClN2O3. The number of nitrogens with one attached hydrogen (secondary N) is 1. The molecule has 0 heterocycles. The van der Waals surface area contributed by atoms with Crippen LogP contribution in [0, 0.1) is 0 Å². The Kier molecular flexibility index (Phi) is 10.8. The van der Waals surface area contributed by atoms with Crippen LogP contribution >= 0.6 is 11.6 Å². The Labute approximate surface area is 232 Å². The molecule has 0 fully saturated rings. The first-order valence-electron chi connectivity index (χ1n) is 13.3. The summed E-state index contributed by atoms with van der Waals surface area (Å²) in [5.74, 6) is 0.252. The summed E-state index contributed by atoms with van der Waals surface area (Å²) in [7, 11) is 0. The number of rotatable bonds is 12. The Morgan fingerprint density at radius 1 is 0.921 bits per heavy atom. The van der Waals surface area contributed by atoms with Gasteiger partial charge in [0, 0.05) is 24.5 Å². The molecule has 1 atom stereocenters. The van der Waals surface area contributed by atoms with Crippen LogP contribution in [0.4, 0.5) is 0 Å². The Morgan fingerprint density at radius 2 is 1.58 bits per heavy atom. The standard InChI is InChI=1S/C32H39ClN2O3/c1-5-6-20-34-31(37)28(21-24-12-8-7-9-13-24)35(22-25-16-18-26(33)19-17-25)30(36)23-38-29-15-11-10-14-27(29)32(2,3)4/h7-19,28H,5-6,20-23H2,1-4H3,(H,34,37). The average Bonchev–Trinajstić information content (AvgIpc) is 2.90. The number of nitrogens with zero attached hydrogens (tertiary/aromatic N) is 1. The monoisotopic (exact) mass is 534 g/mol. The van der Waals surface area contributed by atoms with E-state index in [2.05, 4.69) is 33.0 Å². The van der Waals surface area contributed by atoms with Crippen molar-refractivity contribution >= 4 is 23.4 Å². The highest BCUT2D eigenvalue weighted by Gasteiger charge is 2.31. The first-order chi connectivity index (χ1) is 18.2. The number of carbonyl (C=O) groups is 2. The Hall–Kier alpha value is -3.31. The van der Waals surface area contributed by atoms with E-state index in [9.17, 15) is 9.59 Å². The van der Waals surface area contributed by atoms with Gasteiger partial charge in [-0.05, 0) is 46.7 Å². The lowest BCUT2D eigenvalue weighted by Gasteiger charge is -2.32. The third kappa shape index (κ3) is 8.63. The summed E-state index contributed by atoms with van der Waals surface area (Å²) in [6.07, 6.45) is 2.25. The molecule has 2 amide bonds. The van der Waals surface area contributed by atoms with Crippen LogP contribution in [0.2, 0.25) is 5.02 Å². The zero-order valence-corrected chi connectivity index (χ0v) is 23.6. The predicted octanol–water partition coefficient (Wildman–Crippen LogP) is 6.57. The van der Waals surface area contributed by atoms with Crippen LogP contribution in [0.25, 0.3) is 0 Å². The zero-order valence-electron chi connectivity index (χ0n) is 22.9. The molecule has 1 N–H and O–H groups in total. The van der Waals surface area contributed by atoms with Gasteiger partial charge in [0.15, 0.2) is 6.61 Å². The Morgan fingerprint density at radius 3 is 2.24 bits per heavy atom. The molecule has 3 aromatic carbocycles. The van der Waals surface area contributed by atoms with Crippen LogP contribution in [-0.2, 0) is 28.0 Å². The molecule has 202 valence electrons. The molecule has 0 bridgehead atoms. The number of halogens is 1. The van der Waals surface area contributed by atoms with Crippen molar-refractivity contribution in [2.45, 2.75) is 65.0 Å². The maximum atomic E-state index is 13.8. The molecule has 0 aliphatic heterocycles. The van der Waals surface area contributed by atoms with Gasteiger partial charge in [-0.3, -0.25) is 9.59 Å². The number of carbonyl (C=O) groups excluding carboxylic acids is 2. The lowest BCUT2D eigenvalue weighted by atomic mass is 9.86. The molecular weight excluding hydrogens is 496 g/mol. The number of para-hydroxylation sites is 1. The van der Waals surface area contributed by atoms with Crippen molar-refractivity contribution in [1.82, 2.24) is 10.2 Å². The normalized spacial score (nSPS) is 12.0. The number of hydrogen-bond donors (Lipinski definition) is 1. The van der Waals surface area contributed by atoms with Crippen molar-refractivity contribution < 1.29 is 14.3 Å². The second-order valence-electron chi connectivity index (χ2n) is 10.5. The Balaban J connectivity index is 1.91. The first kappa shape index (κ1) is 29.2. The first-order valence-corrected chi connectivity index (χ1v) is 13.6. The molecule has 38 heavy (non-hydrogen) atoms. The molecule has 0 aliphatic rings. The lowest BCUT2D eigenvalue weighted by Crippen LogP contribution is -2.51. The van der Waals surface area contributed by atoms with Crippen molar-refractivity contribution in [2.24, 2.45) is 0 Å². The molecule has 0 aliphatic carbocycles. The van der Waals surface area contributed by atoms with Gasteiger partial charge in [-0.1, -0.05) is 106 Å². The molecule has 0 spiro atoms. The fourth-order valence-corrected chi connectivity index (χ4v) is 4.41. The van der Waals surface area contributed by atoms with E-state index in [0.717, 1.165) is 29.5 Å². The molecule has 3 rings (SSSR count). The molecule has 0 aromatic heterocycles. The molecule has 3 aromatic rings. The third-order valence-corrected chi connectivity index (χ3v) is 6.67. The highest BCUT2D eigenvalue weighted by molar-refractivity contribution is 6.30. The highest BCUT2D eigenvalue weighted by Crippen LogP contribution is 2.31. The third-order valence-electron chi connectivity index (χ3n) is 6.41. The number of ether oxygens (including phenoxy) is 1. The van der Waals surface area contributed by atoms with Crippen molar-refractivity contribution in [3.63, 3.8) is 0 Å². The topological polar surface area (TPSA) is 58.6 Å². The smallest absolute Gasteiger partial charge is 0.261 e. The number of amides is 2. The summed E-state index contributed by atoms with van der Waals surface area (Å²) in [4.78, 5) is 29.0. The second-order valence-corrected chi connectivity index (χ2v) is 11.0. The van der Waals surface area contributed by atoms with E-state index in [1.54, 1.807) is 17.0 Å². The van der Waals surface area contributed by atoms with Crippen LogP contribution < -0.4 is 10.1 Å². The van der Waals surface area contributed by atoms with Gasteiger partial charge in [0.2, 0.25) is 5.91 Å². The summed E-state index contributed by atoms with van der Waals surface area (Å²) in [6, 6.07) is 24.2. The van der Waals surface area contributed by atoms with Gasteiger partial charge in [0.25, 0.3) is 5.91 Å². The van der Waals surface area contributed by atoms with E-state index in [0.29, 0.717) is 23.7 Å². The summed E-state index contributed by atoms with van der Waals surface area (Å²) in [6.45, 7) is 9.07. The van der Waals surface area contributed by atoms with Gasteiger partial charge in [0.05, 0.1) is 0 Å². The van der Waals surface area contributed by atoms with Crippen LogP contribution in [0.3, 0.4) is 0 Å². The Bertz CT molecular complexity index is 1170. The summed E-state index contributed by atoms with van der Waals surface area (Å²) < 4.78 is 6.10. The lowest BCUT2D eigenvalue weighted by molar-refractivity contribution is -0.142. The highest BCUT2D eigenvalue weighted by atomic mass is 35.5. The number of unbranched alkanes of at least 4 members (excludes halogenated alkanes) is 1. The summed E-state index contributed by atoms with van der Waals surface area (Å²) in [5.41, 5.74) is 2.75. The van der Waals surface area contributed by atoms with Gasteiger partial charge < -0.3 is 15.0 Å². The van der Waals surface area contributed by atoms with Gasteiger partial charge in [-0.15, -0.1) is 0 Å². The van der Waals surface area contributed by atoms with Gasteiger partial charge >= 0.3 is 0 Å². The van der Waals surface area contributed by atoms with Crippen LogP contribution in [0.1, 0.15) is 57.2 Å². The van der Waals surface area contributed by atoms with E-state index >= 15 is 0 Å². The summed E-state index contributed by atoms with van der Waals surface area (Å²) >= 11 is 6.11. The van der Waals surface area contributed by atoms with Crippen molar-refractivity contribution in [3.8, 4) is 5.75 Å². The predicted molar refractivity (Wildman–Crippen MR) is 154 cm³/mol. The van der Waals surface area contributed by atoms with E-state index in [-0.39, 0.29) is 30.4 Å². The minimum absolute atomic E-state index is 0.141. The van der Waals surface area contributed by atoms with E-state index in [1.807, 2.05) is 66.7 Å². The average molecular weight is 535 g/mol. The molecule has 0 saturated heterocycles. The fraction of sp³-hybridized carbons (Fsp3) is 0.375. The minimum Gasteiger partial charge on any atom is -0.483 e. The SMILES string of the molecule is CCCCNC(=O)C(Cc1ccccc1)N(Cc1ccc(Cl)cc1)C(=O)COc1ccccc1C(C)(C)C. The minimum atomic E-state index is -0.695. The maximum absolute atomic E-state index is 13.8. The molecule has 1 unspecified atom stereocenters. The molecule has 5 nitrogen and oxygen atoms in total. The second kappa shape index (κ2) is 14.0. The quantitative estimate of drug-likeness (QED) is 0.267. The number of hydrogen-bond acceptors (Lipinski definition) is 3. The van der Waals surface area contributed by atoms with Gasteiger partial charge in [0.1, 0.15) is 11.8 Å². The van der Waals surface area contributed by atoms with E-state index in [1.165, 1.54) is 0 Å². The van der Waals surface area contributed by atoms with Crippen molar-refractivity contribution in [3.05, 3.63) is 101 Å². The maximum Gasteiger partial charge on any atom is 0.261 e. The fourth-order valence-electron chi connectivity index (χ4n) is 4.28. The van der Waals surface area contributed by atoms with Gasteiger partial charge in [-0.2, -0.15) is 0 Å². The zero-order chi connectivity index (χ0) is 27.5. The van der Waals surface area contributed by atoms with Crippen LogP contribution in [-0.4, -0.2) is 35.9 Å². The van der Waals surface area contributed by atoms with Crippen molar-refractivity contribution in [1.29, 1.82) is 0 Å². The van der Waals surface area contributed by atoms with E-state index in [4.69, 9.17) is 16.3 Å².